The Bertz CT molecular complexity index is 673. The van der Waals surface area contributed by atoms with E-state index in [-0.39, 0.29) is 0 Å². The molecule has 0 bridgehead atoms. The van der Waals surface area contributed by atoms with Crippen LogP contribution in [0.4, 0.5) is 5.69 Å². The van der Waals surface area contributed by atoms with E-state index < -0.39 is 0 Å². The van der Waals surface area contributed by atoms with Gasteiger partial charge < -0.3 is 10.6 Å². The summed E-state index contributed by atoms with van der Waals surface area (Å²) in [5.41, 5.74) is 5.87. The van der Waals surface area contributed by atoms with Crippen LogP contribution in [-0.2, 0) is 19.5 Å². The molecule has 4 nitrogen and oxygen atoms in total. The van der Waals surface area contributed by atoms with Crippen LogP contribution in [0.1, 0.15) is 49.2 Å². The second kappa shape index (κ2) is 8.83. The zero-order chi connectivity index (χ0) is 17.5. The molecule has 0 aliphatic heterocycles. The molecule has 1 heterocycles. The van der Waals surface area contributed by atoms with Crippen LogP contribution in [0.3, 0.4) is 0 Å². The van der Waals surface area contributed by atoms with E-state index >= 15 is 0 Å². The van der Waals surface area contributed by atoms with Crippen LogP contribution in [0.15, 0.2) is 24.3 Å². The number of rotatable bonds is 7. The Labute approximate surface area is 150 Å². The van der Waals surface area contributed by atoms with E-state index in [9.17, 15) is 0 Å². The van der Waals surface area contributed by atoms with Crippen molar-refractivity contribution in [3.05, 3.63) is 46.8 Å². The first-order valence-corrected chi connectivity index (χ1v) is 9.12. The topological polar surface area (TPSA) is 41.9 Å². The third-order valence-electron chi connectivity index (χ3n) is 4.29. The highest BCUT2D eigenvalue weighted by Crippen LogP contribution is 2.14. The van der Waals surface area contributed by atoms with Crippen LogP contribution < -0.4 is 10.6 Å². The van der Waals surface area contributed by atoms with Gasteiger partial charge in [-0.1, -0.05) is 25.5 Å². The van der Waals surface area contributed by atoms with E-state index in [4.69, 9.17) is 12.2 Å². The third-order valence-corrected chi connectivity index (χ3v) is 4.53. The van der Waals surface area contributed by atoms with Gasteiger partial charge in [0.1, 0.15) is 0 Å². The van der Waals surface area contributed by atoms with Crippen LogP contribution in [0.2, 0.25) is 0 Å². The SMILES string of the molecule is CCCCc1ccc(NC(=S)NCc2c(C)nn(CC)c2C)cc1. The Morgan fingerprint density at radius 1 is 1.17 bits per heavy atom. The lowest BCUT2D eigenvalue weighted by molar-refractivity contribution is 0.633. The average Bonchev–Trinajstić information content (AvgIpc) is 2.86. The van der Waals surface area contributed by atoms with Crippen molar-refractivity contribution >= 4 is 23.0 Å². The van der Waals surface area contributed by atoms with Crippen molar-refractivity contribution in [1.82, 2.24) is 15.1 Å². The number of thiocarbonyl (C=S) groups is 1. The van der Waals surface area contributed by atoms with Gasteiger partial charge in [0.05, 0.1) is 5.69 Å². The lowest BCUT2D eigenvalue weighted by Crippen LogP contribution is -2.28. The van der Waals surface area contributed by atoms with Gasteiger partial charge in [0, 0.05) is 30.0 Å². The van der Waals surface area contributed by atoms with Gasteiger partial charge in [0.2, 0.25) is 0 Å². The molecule has 0 aliphatic rings. The molecule has 0 amide bonds. The largest absolute Gasteiger partial charge is 0.358 e. The molecule has 2 N–H and O–H groups in total. The Hall–Kier alpha value is -1.88. The summed E-state index contributed by atoms with van der Waals surface area (Å²) in [6.45, 7) is 10.0. The zero-order valence-corrected chi connectivity index (χ0v) is 16.0. The molecule has 0 radical (unpaired) electrons. The Balaban J connectivity index is 1.88. The summed E-state index contributed by atoms with van der Waals surface area (Å²) in [6.07, 6.45) is 3.60. The van der Waals surface area contributed by atoms with E-state index in [1.165, 1.54) is 29.7 Å². The summed E-state index contributed by atoms with van der Waals surface area (Å²) in [5.74, 6) is 0. The molecule has 2 rings (SSSR count). The molecule has 0 fully saturated rings. The van der Waals surface area contributed by atoms with E-state index in [0.717, 1.165) is 24.3 Å². The number of hydrogen-bond donors (Lipinski definition) is 2. The van der Waals surface area contributed by atoms with Gasteiger partial charge in [0.15, 0.2) is 5.11 Å². The van der Waals surface area contributed by atoms with Crippen LogP contribution in [-0.4, -0.2) is 14.9 Å². The summed E-state index contributed by atoms with van der Waals surface area (Å²) in [7, 11) is 0. The molecule has 1 aromatic carbocycles. The number of nitrogens with zero attached hydrogens (tertiary/aromatic N) is 2. The van der Waals surface area contributed by atoms with Crippen molar-refractivity contribution in [2.24, 2.45) is 0 Å². The van der Waals surface area contributed by atoms with E-state index in [0.29, 0.717) is 11.7 Å². The van der Waals surface area contributed by atoms with Crippen molar-refractivity contribution in [1.29, 1.82) is 0 Å². The number of aromatic nitrogens is 2. The van der Waals surface area contributed by atoms with Gasteiger partial charge in [0.25, 0.3) is 0 Å². The quantitative estimate of drug-likeness (QED) is 0.733. The molecule has 0 atom stereocenters. The lowest BCUT2D eigenvalue weighted by atomic mass is 10.1. The minimum atomic E-state index is 0.638. The number of hydrogen-bond acceptors (Lipinski definition) is 2. The molecule has 2 aromatic rings. The smallest absolute Gasteiger partial charge is 0.171 e. The molecule has 0 unspecified atom stereocenters. The minimum Gasteiger partial charge on any atom is -0.358 e. The second-order valence-electron chi connectivity index (χ2n) is 6.07. The van der Waals surface area contributed by atoms with Gasteiger partial charge in [-0.25, -0.2) is 0 Å². The molecule has 5 heteroatoms. The van der Waals surface area contributed by atoms with E-state index in [1.807, 2.05) is 11.6 Å². The summed E-state index contributed by atoms with van der Waals surface area (Å²) in [6, 6.07) is 8.51. The molecule has 24 heavy (non-hydrogen) atoms. The van der Waals surface area contributed by atoms with Gasteiger partial charge in [-0.2, -0.15) is 5.10 Å². The fraction of sp³-hybridized carbons (Fsp3) is 0.474. The van der Waals surface area contributed by atoms with E-state index in [1.54, 1.807) is 0 Å². The van der Waals surface area contributed by atoms with Gasteiger partial charge in [-0.3, -0.25) is 4.68 Å². The molecule has 0 saturated heterocycles. The number of aryl methyl sites for hydroxylation is 3. The molecule has 0 saturated carbocycles. The predicted octanol–water partition coefficient (Wildman–Crippen LogP) is 4.35. The van der Waals surface area contributed by atoms with E-state index in [2.05, 4.69) is 60.8 Å². The van der Waals surface area contributed by atoms with Crippen molar-refractivity contribution in [2.45, 2.75) is 60.0 Å². The number of nitrogens with one attached hydrogen (secondary N) is 2. The summed E-state index contributed by atoms with van der Waals surface area (Å²) in [5, 5.41) is 11.7. The van der Waals surface area contributed by atoms with Gasteiger partial charge in [-0.15, -0.1) is 0 Å². The lowest BCUT2D eigenvalue weighted by Gasteiger charge is -2.11. The first-order chi connectivity index (χ1) is 11.5. The first-order valence-electron chi connectivity index (χ1n) is 8.71. The number of anilines is 1. The van der Waals surface area contributed by atoms with Crippen molar-refractivity contribution in [3.8, 4) is 0 Å². The molecule has 1 aromatic heterocycles. The Kier molecular flexibility index (Phi) is 6.79. The fourth-order valence-electron chi connectivity index (χ4n) is 2.78. The number of benzene rings is 1. The molecule has 130 valence electrons. The highest BCUT2D eigenvalue weighted by atomic mass is 32.1. The standard InChI is InChI=1S/C19H28N4S/c1-5-7-8-16-9-11-17(12-10-16)21-19(24)20-13-18-14(3)22-23(6-2)15(18)4/h9-12H,5-8,13H2,1-4H3,(H2,20,21,24). The summed E-state index contributed by atoms with van der Waals surface area (Å²) >= 11 is 5.41. The Morgan fingerprint density at radius 2 is 1.88 bits per heavy atom. The van der Waals surface area contributed by atoms with Crippen molar-refractivity contribution in [2.75, 3.05) is 5.32 Å². The van der Waals surface area contributed by atoms with Gasteiger partial charge in [-0.05, 0) is 63.5 Å². The molecule has 0 aliphatic carbocycles. The van der Waals surface area contributed by atoms with Crippen LogP contribution in [0, 0.1) is 13.8 Å². The first kappa shape index (κ1) is 18.5. The molecular weight excluding hydrogens is 316 g/mol. The maximum Gasteiger partial charge on any atom is 0.171 e. The third kappa shape index (κ3) is 4.81. The molecular formula is C19H28N4S. The molecule has 0 spiro atoms. The van der Waals surface area contributed by atoms with Crippen LogP contribution >= 0.6 is 12.2 Å². The summed E-state index contributed by atoms with van der Waals surface area (Å²) in [4.78, 5) is 0. The fourth-order valence-corrected chi connectivity index (χ4v) is 2.97. The highest BCUT2D eigenvalue weighted by molar-refractivity contribution is 7.80. The Morgan fingerprint density at radius 3 is 2.46 bits per heavy atom. The monoisotopic (exact) mass is 344 g/mol. The van der Waals surface area contributed by atoms with Crippen LogP contribution in [0.25, 0.3) is 0 Å². The van der Waals surface area contributed by atoms with Gasteiger partial charge >= 0.3 is 0 Å². The average molecular weight is 345 g/mol. The maximum atomic E-state index is 5.41. The highest BCUT2D eigenvalue weighted by Gasteiger charge is 2.10. The number of unbranched alkanes of at least 4 members (excludes halogenated alkanes) is 1. The maximum absolute atomic E-state index is 5.41. The predicted molar refractivity (Wildman–Crippen MR) is 105 cm³/mol. The zero-order valence-electron chi connectivity index (χ0n) is 15.1. The van der Waals surface area contributed by atoms with Crippen molar-refractivity contribution in [3.63, 3.8) is 0 Å². The second-order valence-corrected chi connectivity index (χ2v) is 6.48. The normalized spacial score (nSPS) is 10.7. The van der Waals surface area contributed by atoms with Crippen LogP contribution in [0.5, 0.6) is 0 Å². The summed E-state index contributed by atoms with van der Waals surface area (Å²) < 4.78 is 2.03. The minimum absolute atomic E-state index is 0.638. The van der Waals surface area contributed by atoms with Crippen molar-refractivity contribution < 1.29 is 0 Å².